The number of halogens is 1. The summed E-state index contributed by atoms with van der Waals surface area (Å²) in [5.41, 5.74) is 1.86. The molecule has 136 valence electrons. The van der Waals surface area contributed by atoms with Crippen LogP contribution in [0.1, 0.15) is 30.5 Å². The molecular weight excluding hydrogens is 406 g/mol. The number of methoxy groups -OCH3 is 2. The predicted molar refractivity (Wildman–Crippen MR) is 102 cm³/mol. The second kappa shape index (κ2) is 8.21. The van der Waals surface area contributed by atoms with Crippen molar-refractivity contribution < 1.29 is 17.9 Å². The molecule has 0 aliphatic heterocycles. The SMILES string of the molecule is CC[C@@H](NS(=O)(=O)c1ccc(OC)c(Br)c1)c1ccc(OC)c(C)c1. The van der Waals surface area contributed by atoms with Crippen molar-refractivity contribution in [3.05, 3.63) is 52.0 Å². The third kappa shape index (κ3) is 4.54. The third-order valence-electron chi connectivity index (χ3n) is 3.96. The van der Waals surface area contributed by atoms with Crippen LogP contribution in [0.25, 0.3) is 0 Å². The largest absolute Gasteiger partial charge is 0.496 e. The molecule has 0 unspecified atom stereocenters. The van der Waals surface area contributed by atoms with Gasteiger partial charge in [0.2, 0.25) is 10.0 Å². The average molecular weight is 428 g/mol. The van der Waals surface area contributed by atoms with E-state index in [1.54, 1.807) is 13.2 Å². The first-order valence-electron chi connectivity index (χ1n) is 7.82. The number of hydrogen-bond acceptors (Lipinski definition) is 4. The van der Waals surface area contributed by atoms with Crippen molar-refractivity contribution in [2.24, 2.45) is 0 Å². The standard InChI is InChI=1S/C18H22BrNO4S/c1-5-16(13-6-8-17(23-3)12(2)10-13)20-25(21,22)14-7-9-18(24-4)15(19)11-14/h6-11,16,20H,5H2,1-4H3/t16-/m1/s1. The van der Waals surface area contributed by atoms with Gasteiger partial charge in [-0.2, -0.15) is 0 Å². The summed E-state index contributed by atoms with van der Waals surface area (Å²) in [7, 11) is -0.515. The number of hydrogen-bond donors (Lipinski definition) is 1. The topological polar surface area (TPSA) is 64.6 Å². The minimum atomic E-state index is -3.66. The number of benzene rings is 2. The number of sulfonamides is 1. The lowest BCUT2D eigenvalue weighted by molar-refractivity contribution is 0.411. The molecule has 0 amide bonds. The fourth-order valence-corrected chi connectivity index (χ4v) is 4.60. The van der Waals surface area contributed by atoms with E-state index in [1.807, 2.05) is 32.0 Å². The molecule has 0 aromatic heterocycles. The van der Waals surface area contributed by atoms with Gasteiger partial charge >= 0.3 is 0 Å². The number of nitrogens with one attached hydrogen (secondary N) is 1. The molecule has 2 rings (SSSR count). The van der Waals surface area contributed by atoms with Gasteiger partial charge in [0.15, 0.2) is 0 Å². The predicted octanol–water partition coefficient (Wildman–Crippen LogP) is 4.20. The van der Waals surface area contributed by atoms with E-state index in [0.29, 0.717) is 16.6 Å². The quantitative estimate of drug-likeness (QED) is 0.718. The van der Waals surface area contributed by atoms with Crippen molar-refractivity contribution in [3.8, 4) is 11.5 Å². The summed E-state index contributed by atoms with van der Waals surface area (Å²) in [6.07, 6.45) is 0.627. The maximum absolute atomic E-state index is 12.7. The van der Waals surface area contributed by atoms with E-state index in [1.165, 1.54) is 19.2 Å². The molecule has 0 saturated carbocycles. The Hall–Kier alpha value is -1.57. The van der Waals surface area contributed by atoms with Crippen LogP contribution in [0.15, 0.2) is 45.8 Å². The summed E-state index contributed by atoms with van der Waals surface area (Å²) in [6.45, 7) is 3.88. The third-order valence-corrected chi connectivity index (χ3v) is 6.05. The van der Waals surface area contributed by atoms with Gasteiger partial charge < -0.3 is 9.47 Å². The minimum absolute atomic E-state index is 0.184. The molecule has 0 aliphatic rings. The monoisotopic (exact) mass is 427 g/mol. The molecule has 1 atom stereocenters. The molecule has 2 aromatic carbocycles. The van der Waals surface area contributed by atoms with Gasteiger partial charge in [0, 0.05) is 6.04 Å². The van der Waals surface area contributed by atoms with Crippen LogP contribution in [0.3, 0.4) is 0 Å². The van der Waals surface area contributed by atoms with E-state index in [0.717, 1.165) is 16.9 Å². The molecule has 2 aromatic rings. The first-order chi connectivity index (χ1) is 11.8. The van der Waals surface area contributed by atoms with Crippen molar-refractivity contribution in [2.75, 3.05) is 14.2 Å². The Morgan fingerprint density at radius 3 is 2.24 bits per heavy atom. The van der Waals surface area contributed by atoms with E-state index < -0.39 is 10.0 Å². The second-order valence-corrected chi connectivity index (χ2v) is 8.18. The molecule has 0 bridgehead atoms. The fourth-order valence-electron chi connectivity index (χ4n) is 2.58. The van der Waals surface area contributed by atoms with Crippen molar-refractivity contribution >= 4 is 26.0 Å². The lowest BCUT2D eigenvalue weighted by atomic mass is 10.0. The highest BCUT2D eigenvalue weighted by molar-refractivity contribution is 9.10. The van der Waals surface area contributed by atoms with E-state index in [2.05, 4.69) is 20.7 Å². The Morgan fingerprint density at radius 2 is 1.72 bits per heavy atom. The van der Waals surface area contributed by atoms with Gasteiger partial charge in [-0.15, -0.1) is 0 Å². The number of ether oxygens (including phenoxy) is 2. The van der Waals surface area contributed by atoms with Crippen molar-refractivity contribution in [3.63, 3.8) is 0 Å². The molecule has 0 heterocycles. The Balaban J connectivity index is 2.31. The van der Waals surface area contributed by atoms with Crippen LogP contribution < -0.4 is 14.2 Å². The maximum Gasteiger partial charge on any atom is 0.241 e. The second-order valence-electron chi connectivity index (χ2n) is 5.61. The van der Waals surface area contributed by atoms with E-state index >= 15 is 0 Å². The zero-order valence-electron chi connectivity index (χ0n) is 14.7. The molecule has 0 spiro atoms. The smallest absolute Gasteiger partial charge is 0.241 e. The lowest BCUT2D eigenvalue weighted by Gasteiger charge is -2.19. The van der Waals surface area contributed by atoms with Crippen LogP contribution in [0, 0.1) is 6.92 Å². The zero-order valence-corrected chi connectivity index (χ0v) is 17.1. The summed E-state index contributed by atoms with van der Waals surface area (Å²) < 4.78 is 39.2. The lowest BCUT2D eigenvalue weighted by Crippen LogP contribution is -2.28. The Labute approximate surface area is 157 Å². The number of rotatable bonds is 7. The van der Waals surface area contributed by atoms with Crippen LogP contribution in [0.2, 0.25) is 0 Å². The summed E-state index contributed by atoms with van der Waals surface area (Å²) in [6, 6.07) is 10.0. The average Bonchev–Trinajstić information content (AvgIpc) is 2.59. The summed E-state index contributed by atoms with van der Waals surface area (Å²) in [4.78, 5) is 0.184. The first kappa shape index (κ1) is 19.8. The maximum atomic E-state index is 12.7. The van der Waals surface area contributed by atoms with Crippen molar-refractivity contribution in [2.45, 2.75) is 31.2 Å². The fraction of sp³-hybridized carbons (Fsp3) is 0.333. The molecular formula is C18H22BrNO4S. The van der Waals surface area contributed by atoms with E-state index in [4.69, 9.17) is 9.47 Å². The van der Waals surface area contributed by atoms with E-state index in [-0.39, 0.29) is 10.9 Å². The van der Waals surface area contributed by atoms with Gasteiger partial charge in [-0.1, -0.05) is 19.1 Å². The van der Waals surface area contributed by atoms with Crippen molar-refractivity contribution in [1.82, 2.24) is 4.72 Å². The molecule has 0 aliphatic carbocycles. The van der Waals surface area contributed by atoms with Crippen molar-refractivity contribution in [1.29, 1.82) is 0 Å². The molecule has 7 heteroatoms. The summed E-state index contributed by atoms with van der Waals surface area (Å²) in [5, 5.41) is 0. The van der Waals surface area contributed by atoms with Crippen LogP contribution >= 0.6 is 15.9 Å². The van der Waals surface area contributed by atoms with Gasteiger partial charge in [0.05, 0.1) is 23.6 Å². The molecule has 0 fully saturated rings. The summed E-state index contributed by atoms with van der Waals surface area (Å²) in [5.74, 6) is 1.36. The Bertz CT molecular complexity index is 852. The van der Waals surface area contributed by atoms with Crippen LogP contribution in [-0.4, -0.2) is 22.6 Å². The highest BCUT2D eigenvalue weighted by Gasteiger charge is 2.21. The minimum Gasteiger partial charge on any atom is -0.496 e. The Kier molecular flexibility index (Phi) is 6.48. The van der Waals surface area contributed by atoms with Crippen LogP contribution in [0.5, 0.6) is 11.5 Å². The normalized spacial score (nSPS) is 12.7. The Morgan fingerprint density at radius 1 is 1.08 bits per heavy atom. The summed E-state index contributed by atoms with van der Waals surface area (Å²) >= 11 is 3.32. The highest BCUT2D eigenvalue weighted by atomic mass is 79.9. The van der Waals surface area contributed by atoms with Gasteiger partial charge in [-0.3, -0.25) is 0 Å². The molecule has 25 heavy (non-hydrogen) atoms. The van der Waals surface area contributed by atoms with Gasteiger partial charge in [-0.05, 0) is 64.7 Å². The van der Waals surface area contributed by atoms with Gasteiger partial charge in [0.1, 0.15) is 11.5 Å². The first-order valence-corrected chi connectivity index (χ1v) is 10.1. The molecule has 5 nitrogen and oxygen atoms in total. The molecule has 1 N–H and O–H groups in total. The van der Waals surface area contributed by atoms with Gasteiger partial charge in [-0.25, -0.2) is 13.1 Å². The number of aryl methyl sites for hydroxylation is 1. The van der Waals surface area contributed by atoms with E-state index in [9.17, 15) is 8.42 Å². The van der Waals surface area contributed by atoms with Crippen LogP contribution in [0.4, 0.5) is 0 Å². The molecule has 0 saturated heterocycles. The molecule has 0 radical (unpaired) electrons. The highest BCUT2D eigenvalue weighted by Crippen LogP contribution is 2.29. The van der Waals surface area contributed by atoms with Gasteiger partial charge in [0.25, 0.3) is 0 Å². The van der Waals surface area contributed by atoms with Crippen LogP contribution in [-0.2, 0) is 10.0 Å². The zero-order chi connectivity index (χ0) is 18.6.